The van der Waals surface area contributed by atoms with Crippen LogP contribution in [-0.2, 0) is 0 Å². The molecule has 4 nitrogen and oxygen atoms in total. The van der Waals surface area contributed by atoms with Crippen molar-refractivity contribution in [3.8, 4) is 0 Å². The van der Waals surface area contributed by atoms with Crippen LogP contribution in [0, 0.1) is 0 Å². The van der Waals surface area contributed by atoms with Crippen LogP contribution < -0.4 is 5.73 Å². The van der Waals surface area contributed by atoms with Gasteiger partial charge in [0, 0.05) is 0 Å². The molecule has 0 aromatic carbocycles. The van der Waals surface area contributed by atoms with E-state index in [0.717, 1.165) is 5.69 Å². The van der Waals surface area contributed by atoms with E-state index in [9.17, 15) is 0 Å². The molecule has 0 saturated heterocycles. The third kappa shape index (κ3) is 1.24. The Bertz CT molecular complexity index is 433. The van der Waals surface area contributed by atoms with Crippen molar-refractivity contribution in [3.05, 3.63) is 18.2 Å². The lowest BCUT2D eigenvalue weighted by atomic mass is 10.1. The third-order valence-electron chi connectivity index (χ3n) is 1.93. The van der Waals surface area contributed by atoms with Crippen molar-refractivity contribution in [1.82, 2.24) is 9.97 Å². The van der Waals surface area contributed by atoms with Crippen LogP contribution in [0.4, 0.5) is 5.69 Å². The number of anilines is 1. The number of fused-ring (bicyclic) bond motifs is 1. The standard InChI is InChI=1S/C9H11N3O/c1-5(2)8-6(10)3-7-9(12-8)13-4-11-7/h3-5H,10H2,1-2H3. The first-order chi connectivity index (χ1) is 6.18. The summed E-state index contributed by atoms with van der Waals surface area (Å²) in [5.74, 6) is 0.300. The second-order valence-electron chi connectivity index (χ2n) is 3.29. The molecule has 0 radical (unpaired) electrons. The summed E-state index contributed by atoms with van der Waals surface area (Å²) >= 11 is 0. The van der Waals surface area contributed by atoms with E-state index in [1.54, 1.807) is 6.07 Å². The van der Waals surface area contributed by atoms with Crippen LogP contribution in [0.1, 0.15) is 25.5 Å². The number of hydrogen-bond donors (Lipinski definition) is 1. The molecule has 2 aromatic rings. The van der Waals surface area contributed by atoms with Crippen LogP contribution >= 0.6 is 0 Å². The summed E-state index contributed by atoms with van der Waals surface area (Å²) in [6.07, 6.45) is 1.38. The largest absolute Gasteiger partial charge is 0.425 e. The molecule has 2 rings (SSSR count). The Morgan fingerprint density at radius 1 is 1.46 bits per heavy atom. The number of oxazole rings is 1. The van der Waals surface area contributed by atoms with Gasteiger partial charge in [0.05, 0.1) is 11.4 Å². The Hall–Kier alpha value is -1.58. The summed E-state index contributed by atoms with van der Waals surface area (Å²) in [6, 6.07) is 1.79. The topological polar surface area (TPSA) is 64.9 Å². The fourth-order valence-corrected chi connectivity index (χ4v) is 1.29. The number of nitrogens with zero attached hydrogens (tertiary/aromatic N) is 2. The lowest BCUT2D eigenvalue weighted by Gasteiger charge is -2.06. The minimum absolute atomic E-state index is 0.300. The molecule has 0 aliphatic heterocycles. The predicted octanol–water partition coefficient (Wildman–Crippen LogP) is 1.93. The molecule has 13 heavy (non-hydrogen) atoms. The van der Waals surface area contributed by atoms with E-state index in [2.05, 4.69) is 9.97 Å². The van der Waals surface area contributed by atoms with Gasteiger partial charge in [-0.25, -0.2) is 9.97 Å². The number of hydrogen-bond acceptors (Lipinski definition) is 4. The van der Waals surface area contributed by atoms with Crippen molar-refractivity contribution >= 4 is 16.9 Å². The molecule has 0 aliphatic carbocycles. The highest BCUT2D eigenvalue weighted by atomic mass is 16.3. The number of nitrogen functional groups attached to an aromatic ring is 1. The molecule has 0 spiro atoms. The monoisotopic (exact) mass is 177 g/mol. The van der Waals surface area contributed by atoms with Gasteiger partial charge in [-0.2, -0.15) is 0 Å². The molecule has 0 saturated carbocycles. The maximum absolute atomic E-state index is 5.80. The van der Waals surface area contributed by atoms with Crippen LogP contribution in [0.2, 0.25) is 0 Å². The summed E-state index contributed by atoms with van der Waals surface area (Å²) < 4.78 is 5.09. The van der Waals surface area contributed by atoms with Gasteiger partial charge in [0.2, 0.25) is 5.71 Å². The fraction of sp³-hybridized carbons (Fsp3) is 0.333. The van der Waals surface area contributed by atoms with Gasteiger partial charge in [0.15, 0.2) is 6.39 Å². The third-order valence-corrected chi connectivity index (χ3v) is 1.93. The smallest absolute Gasteiger partial charge is 0.247 e. The van der Waals surface area contributed by atoms with Crippen LogP contribution in [0.3, 0.4) is 0 Å². The first-order valence-corrected chi connectivity index (χ1v) is 4.18. The molecule has 0 aliphatic rings. The Labute approximate surface area is 75.8 Å². The molecule has 0 bridgehead atoms. The van der Waals surface area contributed by atoms with Crippen molar-refractivity contribution in [2.24, 2.45) is 0 Å². The fourth-order valence-electron chi connectivity index (χ4n) is 1.29. The van der Waals surface area contributed by atoms with Crippen molar-refractivity contribution in [2.75, 3.05) is 5.73 Å². The van der Waals surface area contributed by atoms with Crippen LogP contribution in [0.25, 0.3) is 11.2 Å². The van der Waals surface area contributed by atoms with E-state index >= 15 is 0 Å². The first kappa shape index (κ1) is 8.04. The number of nitrogens with two attached hydrogens (primary N) is 1. The van der Waals surface area contributed by atoms with Gasteiger partial charge in [-0.05, 0) is 12.0 Å². The average molecular weight is 177 g/mol. The lowest BCUT2D eigenvalue weighted by Crippen LogP contribution is -1.99. The molecular formula is C9H11N3O. The van der Waals surface area contributed by atoms with E-state index in [-0.39, 0.29) is 0 Å². The van der Waals surface area contributed by atoms with Gasteiger partial charge in [0.25, 0.3) is 0 Å². The van der Waals surface area contributed by atoms with E-state index < -0.39 is 0 Å². The van der Waals surface area contributed by atoms with Crippen LogP contribution in [-0.4, -0.2) is 9.97 Å². The van der Waals surface area contributed by atoms with E-state index in [1.807, 2.05) is 13.8 Å². The molecule has 2 aromatic heterocycles. The predicted molar refractivity (Wildman–Crippen MR) is 50.3 cm³/mol. The minimum atomic E-state index is 0.300. The number of pyridine rings is 1. The first-order valence-electron chi connectivity index (χ1n) is 4.18. The summed E-state index contributed by atoms with van der Waals surface area (Å²) in [6.45, 7) is 4.09. The van der Waals surface area contributed by atoms with Crippen molar-refractivity contribution in [2.45, 2.75) is 19.8 Å². The van der Waals surface area contributed by atoms with Crippen LogP contribution in [0.5, 0.6) is 0 Å². The quantitative estimate of drug-likeness (QED) is 0.722. The van der Waals surface area contributed by atoms with E-state index in [1.165, 1.54) is 6.39 Å². The Kier molecular flexibility index (Phi) is 1.69. The summed E-state index contributed by atoms with van der Waals surface area (Å²) in [5.41, 5.74) is 8.61. The van der Waals surface area contributed by atoms with Crippen molar-refractivity contribution in [1.29, 1.82) is 0 Å². The SMILES string of the molecule is CC(C)c1nc2ocnc2cc1N. The van der Waals surface area contributed by atoms with E-state index in [0.29, 0.717) is 22.8 Å². The highest BCUT2D eigenvalue weighted by Gasteiger charge is 2.09. The highest BCUT2D eigenvalue weighted by Crippen LogP contribution is 2.23. The second kappa shape index (κ2) is 2.73. The second-order valence-corrected chi connectivity index (χ2v) is 3.29. The van der Waals surface area contributed by atoms with Gasteiger partial charge in [-0.1, -0.05) is 13.8 Å². The molecule has 0 unspecified atom stereocenters. The molecule has 68 valence electrons. The van der Waals surface area contributed by atoms with Crippen molar-refractivity contribution < 1.29 is 4.42 Å². The lowest BCUT2D eigenvalue weighted by molar-refractivity contribution is 0.587. The molecule has 2 N–H and O–H groups in total. The zero-order valence-electron chi connectivity index (χ0n) is 7.61. The molecule has 0 amide bonds. The van der Waals surface area contributed by atoms with Gasteiger partial charge in [-0.15, -0.1) is 0 Å². The summed E-state index contributed by atoms with van der Waals surface area (Å²) in [5, 5.41) is 0. The molecule has 2 heterocycles. The van der Waals surface area contributed by atoms with Crippen molar-refractivity contribution in [3.63, 3.8) is 0 Å². The van der Waals surface area contributed by atoms with Gasteiger partial charge < -0.3 is 10.2 Å². The molecule has 4 heteroatoms. The summed E-state index contributed by atoms with van der Waals surface area (Å²) in [7, 11) is 0. The zero-order chi connectivity index (χ0) is 9.42. The Morgan fingerprint density at radius 3 is 2.92 bits per heavy atom. The molecule has 0 atom stereocenters. The molecular weight excluding hydrogens is 166 g/mol. The summed E-state index contributed by atoms with van der Waals surface area (Å²) in [4.78, 5) is 8.25. The van der Waals surface area contributed by atoms with Gasteiger partial charge in [0.1, 0.15) is 5.52 Å². The Morgan fingerprint density at radius 2 is 2.23 bits per heavy atom. The molecule has 0 fully saturated rings. The maximum atomic E-state index is 5.80. The van der Waals surface area contributed by atoms with E-state index in [4.69, 9.17) is 10.2 Å². The number of aromatic nitrogens is 2. The Balaban J connectivity index is 2.69. The highest BCUT2D eigenvalue weighted by molar-refractivity contribution is 5.73. The van der Waals surface area contributed by atoms with Gasteiger partial charge in [-0.3, -0.25) is 0 Å². The normalized spacial score (nSPS) is 11.3. The van der Waals surface area contributed by atoms with Crippen LogP contribution in [0.15, 0.2) is 16.9 Å². The minimum Gasteiger partial charge on any atom is -0.425 e. The zero-order valence-corrected chi connectivity index (χ0v) is 7.61. The van der Waals surface area contributed by atoms with Gasteiger partial charge >= 0.3 is 0 Å². The maximum Gasteiger partial charge on any atom is 0.247 e. The average Bonchev–Trinajstić information content (AvgIpc) is 2.48. The number of rotatable bonds is 1.